The summed E-state index contributed by atoms with van der Waals surface area (Å²) in [6.45, 7) is 0. The van der Waals surface area contributed by atoms with Gasteiger partial charge in [-0.1, -0.05) is 11.6 Å². The van der Waals surface area contributed by atoms with E-state index in [4.69, 9.17) is 5.73 Å². The van der Waals surface area contributed by atoms with Crippen molar-refractivity contribution in [1.82, 2.24) is 0 Å². The maximum absolute atomic E-state index is 5.91. The number of hydrogen-bond acceptors (Lipinski definition) is 1. The number of rotatable bonds is 1. The minimum absolute atomic E-state index is 0.500. The summed E-state index contributed by atoms with van der Waals surface area (Å²) in [6, 6.07) is 0.500. The van der Waals surface area contributed by atoms with Crippen LogP contribution in [0.2, 0.25) is 0 Å². The van der Waals surface area contributed by atoms with Crippen molar-refractivity contribution in [2.24, 2.45) is 11.7 Å². The molecule has 0 unspecified atom stereocenters. The third kappa shape index (κ3) is 2.34. The number of hydrogen-bond donors (Lipinski definition) is 1. The topological polar surface area (TPSA) is 26.0 Å². The first-order valence-corrected chi connectivity index (χ1v) is 5.81. The Labute approximate surface area is 81.4 Å². The molecule has 0 amide bonds. The molecule has 0 aromatic heterocycles. The molecule has 2 rings (SSSR count). The number of allylic oxidation sites excluding steroid dienone is 2. The molecule has 0 atom stereocenters. The Morgan fingerprint density at radius 2 is 1.85 bits per heavy atom. The first kappa shape index (κ1) is 9.26. The van der Waals surface area contributed by atoms with Crippen molar-refractivity contribution in [2.45, 2.75) is 57.4 Å². The van der Waals surface area contributed by atoms with Gasteiger partial charge in [0.15, 0.2) is 0 Å². The van der Waals surface area contributed by atoms with Gasteiger partial charge < -0.3 is 5.73 Å². The van der Waals surface area contributed by atoms with E-state index in [0.717, 1.165) is 5.92 Å². The molecule has 13 heavy (non-hydrogen) atoms. The Hall–Kier alpha value is -0.300. The van der Waals surface area contributed by atoms with E-state index in [1.54, 1.807) is 5.57 Å². The fourth-order valence-corrected chi connectivity index (χ4v) is 2.72. The van der Waals surface area contributed by atoms with Gasteiger partial charge in [0.05, 0.1) is 0 Å². The molecule has 0 radical (unpaired) electrons. The maximum atomic E-state index is 5.91. The van der Waals surface area contributed by atoms with Gasteiger partial charge in [-0.25, -0.2) is 0 Å². The molecule has 1 heteroatoms. The highest BCUT2D eigenvalue weighted by atomic mass is 14.6. The molecule has 0 saturated heterocycles. The van der Waals surface area contributed by atoms with Crippen molar-refractivity contribution in [3.05, 3.63) is 11.6 Å². The third-order valence-corrected chi connectivity index (χ3v) is 3.62. The van der Waals surface area contributed by atoms with Crippen LogP contribution < -0.4 is 5.73 Å². The molecule has 2 N–H and O–H groups in total. The van der Waals surface area contributed by atoms with Crippen molar-refractivity contribution in [2.75, 3.05) is 0 Å². The van der Waals surface area contributed by atoms with E-state index in [-0.39, 0.29) is 0 Å². The van der Waals surface area contributed by atoms with E-state index in [9.17, 15) is 0 Å². The third-order valence-electron chi connectivity index (χ3n) is 3.62. The lowest BCUT2D eigenvalue weighted by Gasteiger charge is -2.29. The monoisotopic (exact) mass is 179 g/mol. The Morgan fingerprint density at radius 3 is 2.46 bits per heavy atom. The molecule has 0 spiro atoms. The van der Waals surface area contributed by atoms with E-state index in [1.807, 2.05) is 0 Å². The van der Waals surface area contributed by atoms with Crippen LogP contribution in [0.3, 0.4) is 0 Å². The predicted molar refractivity (Wildman–Crippen MR) is 56.5 cm³/mol. The standard InChI is InChI=1S/C12H21N/c13-12-8-6-11(7-9-12)10-4-2-1-3-5-10/h4,11-12H,1-3,5-9,13H2/t11-,12-. The first-order chi connectivity index (χ1) is 6.36. The molecular weight excluding hydrogens is 158 g/mol. The van der Waals surface area contributed by atoms with E-state index in [0.29, 0.717) is 6.04 Å². The lowest BCUT2D eigenvalue weighted by molar-refractivity contribution is 0.351. The Balaban J connectivity index is 1.89. The Kier molecular flexibility index (Phi) is 3.05. The highest BCUT2D eigenvalue weighted by molar-refractivity contribution is 5.10. The molecule has 0 aromatic carbocycles. The zero-order valence-corrected chi connectivity index (χ0v) is 8.47. The molecule has 2 aliphatic carbocycles. The second kappa shape index (κ2) is 4.28. The van der Waals surface area contributed by atoms with Gasteiger partial charge in [0, 0.05) is 6.04 Å². The highest BCUT2D eigenvalue weighted by Crippen LogP contribution is 2.34. The summed E-state index contributed by atoms with van der Waals surface area (Å²) >= 11 is 0. The largest absolute Gasteiger partial charge is 0.328 e. The number of nitrogens with two attached hydrogens (primary N) is 1. The second-order valence-corrected chi connectivity index (χ2v) is 4.64. The normalized spacial score (nSPS) is 35.6. The molecule has 0 bridgehead atoms. The van der Waals surface area contributed by atoms with E-state index >= 15 is 0 Å². The quantitative estimate of drug-likeness (QED) is 0.615. The average molecular weight is 179 g/mol. The zero-order valence-electron chi connectivity index (χ0n) is 8.47. The van der Waals surface area contributed by atoms with Gasteiger partial charge in [-0.15, -0.1) is 0 Å². The fraction of sp³-hybridized carbons (Fsp3) is 0.833. The smallest absolute Gasteiger partial charge is 0.00392 e. The minimum atomic E-state index is 0.500. The van der Waals surface area contributed by atoms with E-state index < -0.39 is 0 Å². The molecule has 0 aromatic rings. The lowest BCUT2D eigenvalue weighted by atomic mass is 9.78. The molecule has 1 fully saturated rings. The Morgan fingerprint density at radius 1 is 1.08 bits per heavy atom. The summed E-state index contributed by atoms with van der Waals surface area (Å²) in [5.41, 5.74) is 7.67. The van der Waals surface area contributed by atoms with Crippen molar-refractivity contribution in [3.63, 3.8) is 0 Å². The van der Waals surface area contributed by atoms with Crippen LogP contribution in [0.15, 0.2) is 11.6 Å². The summed E-state index contributed by atoms with van der Waals surface area (Å²) in [5, 5.41) is 0. The van der Waals surface area contributed by atoms with Gasteiger partial charge in [0.25, 0.3) is 0 Å². The van der Waals surface area contributed by atoms with Crippen molar-refractivity contribution >= 4 is 0 Å². The van der Waals surface area contributed by atoms with Gasteiger partial charge >= 0.3 is 0 Å². The predicted octanol–water partition coefficient (Wildman–Crippen LogP) is 3.00. The van der Waals surface area contributed by atoms with Crippen LogP contribution in [-0.2, 0) is 0 Å². The second-order valence-electron chi connectivity index (χ2n) is 4.64. The Bertz CT molecular complexity index is 187. The molecule has 74 valence electrons. The van der Waals surface area contributed by atoms with Gasteiger partial charge in [-0.05, 0) is 57.3 Å². The molecule has 1 nitrogen and oxygen atoms in total. The van der Waals surface area contributed by atoms with Crippen LogP contribution >= 0.6 is 0 Å². The molecular formula is C12H21N. The zero-order chi connectivity index (χ0) is 9.10. The summed E-state index contributed by atoms with van der Waals surface area (Å²) < 4.78 is 0. The van der Waals surface area contributed by atoms with Gasteiger partial charge in [0.1, 0.15) is 0 Å². The van der Waals surface area contributed by atoms with Gasteiger partial charge in [-0.2, -0.15) is 0 Å². The van der Waals surface area contributed by atoms with Crippen molar-refractivity contribution < 1.29 is 0 Å². The SMILES string of the molecule is N[C@H]1CC[C@H](C2=CCCCC2)CC1. The molecule has 2 aliphatic rings. The fourth-order valence-electron chi connectivity index (χ4n) is 2.72. The van der Waals surface area contributed by atoms with Crippen molar-refractivity contribution in [1.29, 1.82) is 0 Å². The van der Waals surface area contributed by atoms with Crippen LogP contribution in [0.4, 0.5) is 0 Å². The molecule has 0 aliphatic heterocycles. The van der Waals surface area contributed by atoms with Crippen LogP contribution in [-0.4, -0.2) is 6.04 Å². The van der Waals surface area contributed by atoms with E-state index in [2.05, 4.69) is 6.08 Å². The summed E-state index contributed by atoms with van der Waals surface area (Å²) in [5.74, 6) is 0.903. The van der Waals surface area contributed by atoms with Crippen LogP contribution in [0.5, 0.6) is 0 Å². The average Bonchev–Trinajstić information content (AvgIpc) is 2.20. The van der Waals surface area contributed by atoms with Gasteiger partial charge in [-0.3, -0.25) is 0 Å². The summed E-state index contributed by atoms with van der Waals surface area (Å²) in [7, 11) is 0. The lowest BCUT2D eigenvalue weighted by Crippen LogP contribution is -2.27. The van der Waals surface area contributed by atoms with Crippen molar-refractivity contribution in [3.8, 4) is 0 Å². The van der Waals surface area contributed by atoms with Crippen LogP contribution in [0.25, 0.3) is 0 Å². The minimum Gasteiger partial charge on any atom is -0.328 e. The van der Waals surface area contributed by atoms with Crippen LogP contribution in [0, 0.1) is 5.92 Å². The van der Waals surface area contributed by atoms with E-state index in [1.165, 1.54) is 51.4 Å². The molecule has 0 heterocycles. The van der Waals surface area contributed by atoms with Gasteiger partial charge in [0.2, 0.25) is 0 Å². The van der Waals surface area contributed by atoms with Crippen LogP contribution in [0.1, 0.15) is 51.4 Å². The summed E-state index contributed by atoms with van der Waals surface area (Å²) in [4.78, 5) is 0. The summed E-state index contributed by atoms with van der Waals surface area (Å²) in [6.07, 6.45) is 13.3. The highest BCUT2D eigenvalue weighted by Gasteiger charge is 2.21. The first-order valence-electron chi connectivity index (χ1n) is 5.81. The maximum Gasteiger partial charge on any atom is 0.00392 e. The molecule has 1 saturated carbocycles.